The van der Waals surface area contributed by atoms with Crippen LogP contribution in [-0.4, -0.2) is 23.6 Å². The minimum absolute atomic E-state index is 0.142. The van der Waals surface area contributed by atoms with Gasteiger partial charge in [0.1, 0.15) is 10.6 Å². The van der Waals surface area contributed by atoms with Gasteiger partial charge in [0.2, 0.25) is 5.91 Å². The molecule has 0 aliphatic carbocycles. The highest BCUT2D eigenvalue weighted by Gasteiger charge is 2.13. The first-order chi connectivity index (χ1) is 10.2. The Morgan fingerprint density at radius 2 is 1.95 bits per heavy atom. The largest absolute Gasteiger partial charge is 0.494 e. The fourth-order valence-electron chi connectivity index (χ4n) is 1.73. The number of aromatic carboxylic acids is 1. The Hall–Kier alpha value is -2.34. The lowest BCUT2D eigenvalue weighted by atomic mass is 10.3. The van der Waals surface area contributed by atoms with Gasteiger partial charge < -0.3 is 15.2 Å². The van der Waals surface area contributed by atoms with Crippen molar-refractivity contribution in [2.24, 2.45) is 0 Å². The number of carboxylic acids is 1. The number of rotatable bonds is 7. The van der Waals surface area contributed by atoms with Gasteiger partial charge in [-0.05, 0) is 30.0 Å². The molecule has 1 aromatic carbocycles. The molecule has 5 nitrogen and oxygen atoms in total. The van der Waals surface area contributed by atoms with Crippen molar-refractivity contribution in [1.29, 1.82) is 0 Å². The van der Waals surface area contributed by atoms with Gasteiger partial charge in [-0.1, -0.05) is 18.2 Å². The lowest BCUT2D eigenvalue weighted by Crippen LogP contribution is -2.14. The van der Waals surface area contributed by atoms with Crippen LogP contribution in [0.1, 0.15) is 22.5 Å². The Balaban J connectivity index is 1.73. The van der Waals surface area contributed by atoms with Crippen molar-refractivity contribution in [3.8, 4) is 5.75 Å². The number of thiophene rings is 1. The van der Waals surface area contributed by atoms with Crippen LogP contribution in [-0.2, 0) is 4.79 Å². The Morgan fingerprint density at radius 1 is 1.19 bits per heavy atom. The highest BCUT2D eigenvalue weighted by atomic mass is 32.1. The number of para-hydroxylation sites is 1. The van der Waals surface area contributed by atoms with Crippen molar-refractivity contribution < 1.29 is 19.4 Å². The molecule has 110 valence electrons. The van der Waals surface area contributed by atoms with Crippen LogP contribution in [0.5, 0.6) is 5.75 Å². The first-order valence-electron chi connectivity index (χ1n) is 6.45. The molecule has 0 atom stereocenters. The fraction of sp³-hybridized carbons (Fsp3) is 0.200. The van der Waals surface area contributed by atoms with E-state index < -0.39 is 5.97 Å². The molecule has 0 aliphatic rings. The molecule has 0 saturated heterocycles. The van der Waals surface area contributed by atoms with Crippen LogP contribution >= 0.6 is 11.3 Å². The van der Waals surface area contributed by atoms with Crippen molar-refractivity contribution >= 4 is 28.9 Å². The first kappa shape index (κ1) is 15.1. The summed E-state index contributed by atoms with van der Waals surface area (Å²) in [5, 5.41) is 13.2. The molecule has 0 radical (unpaired) electrons. The second-order valence-corrected chi connectivity index (χ2v) is 5.20. The zero-order valence-corrected chi connectivity index (χ0v) is 12.1. The SMILES string of the molecule is O=C(CCCOc1ccccc1)Nc1ccsc1C(=O)O. The number of hydrogen-bond donors (Lipinski definition) is 2. The van der Waals surface area contributed by atoms with E-state index in [9.17, 15) is 9.59 Å². The summed E-state index contributed by atoms with van der Waals surface area (Å²) < 4.78 is 5.48. The zero-order valence-electron chi connectivity index (χ0n) is 11.2. The Bertz CT molecular complexity index is 609. The third-order valence-electron chi connectivity index (χ3n) is 2.69. The summed E-state index contributed by atoms with van der Waals surface area (Å²) in [6.45, 7) is 0.437. The molecular weight excluding hydrogens is 290 g/mol. The lowest BCUT2D eigenvalue weighted by molar-refractivity contribution is -0.116. The normalized spacial score (nSPS) is 10.1. The minimum Gasteiger partial charge on any atom is -0.494 e. The summed E-state index contributed by atoms with van der Waals surface area (Å²) in [5.41, 5.74) is 0.349. The average Bonchev–Trinajstić information content (AvgIpc) is 2.93. The molecular formula is C15H15NO4S. The molecule has 0 fully saturated rings. The quantitative estimate of drug-likeness (QED) is 0.770. The highest BCUT2D eigenvalue weighted by Crippen LogP contribution is 2.22. The van der Waals surface area contributed by atoms with Crippen molar-refractivity contribution in [2.45, 2.75) is 12.8 Å². The predicted molar refractivity (Wildman–Crippen MR) is 81.1 cm³/mol. The van der Waals surface area contributed by atoms with E-state index in [1.807, 2.05) is 30.3 Å². The van der Waals surface area contributed by atoms with E-state index in [0.717, 1.165) is 17.1 Å². The van der Waals surface area contributed by atoms with E-state index in [1.165, 1.54) is 0 Å². The van der Waals surface area contributed by atoms with Crippen molar-refractivity contribution in [3.63, 3.8) is 0 Å². The zero-order chi connectivity index (χ0) is 15.1. The molecule has 1 amide bonds. The van der Waals surface area contributed by atoms with Gasteiger partial charge in [-0.25, -0.2) is 4.79 Å². The van der Waals surface area contributed by atoms with Crippen LogP contribution in [0.3, 0.4) is 0 Å². The van der Waals surface area contributed by atoms with Crippen LogP contribution in [0.2, 0.25) is 0 Å². The molecule has 1 heterocycles. The van der Waals surface area contributed by atoms with Gasteiger partial charge in [0.15, 0.2) is 0 Å². The Kier molecular flexibility index (Phi) is 5.34. The van der Waals surface area contributed by atoms with Crippen LogP contribution in [0, 0.1) is 0 Å². The molecule has 21 heavy (non-hydrogen) atoms. The van der Waals surface area contributed by atoms with Gasteiger partial charge in [0.05, 0.1) is 12.3 Å². The van der Waals surface area contributed by atoms with E-state index >= 15 is 0 Å². The Labute approximate surface area is 126 Å². The number of anilines is 1. The number of amides is 1. The maximum Gasteiger partial charge on any atom is 0.348 e. The number of hydrogen-bond acceptors (Lipinski definition) is 4. The monoisotopic (exact) mass is 305 g/mol. The van der Waals surface area contributed by atoms with Gasteiger partial charge in [0, 0.05) is 6.42 Å². The molecule has 0 saturated carbocycles. The van der Waals surface area contributed by atoms with Crippen molar-refractivity contribution in [1.82, 2.24) is 0 Å². The maximum atomic E-state index is 11.7. The standard InChI is InChI=1S/C15H15NO4S/c17-13(16-12-8-10-21-14(12)15(18)19)7-4-9-20-11-5-2-1-3-6-11/h1-3,5-6,8,10H,4,7,9H2,(H,16,17)(H,18,19). The van der Waals surface area contributed by atoms with Crippen LogP contribution < -0.4 is 10.1 Å². The highest BCUT2D eigenvalue weighted by molar-refractivity contribution is 7.12. The molecule has 0 unspecified atom stereocenters. The summed E-state index contributed by atoms with van der Waals surface area (Å²) in [7, 11) is 0. The fourth-order valence-corrected chi connectivity index (χ4v) is 2.41. The number of benzene rings is 1. The van der Waals surface area contributed by atoms with E-state index in [2.05, 4.69) is 5.32 Å². The number of carbonyl (C=O) groups excluding carboxylic acids is 1. The number of ether oxygens (including phenoxy) is 1. The lowest BCUT2D eigenvalue weighted by Gasteiger charge is -2.06. The summed E-state index contributed by atoms with van der Waals surface area (Å²) in [4.78, 5) is 22.8. The topological polar surface area (TPSA) is 75.6 Å². The van der Waals surface area contributed by atoms with E-state index in [4.69, 9.17) is 9.84 Å². The van der Waals surface area contributed by atoms with Crippen LogP contribution in [0.4, 0.5) is 5.69 Å². The summed E-state index contributed by atoms with van der Waals surface area (Å²) in [6.07, 6.45) is 0.842. The van der Waals surface area contributed by atoms with E-state index in [0.29, 0.717) is 18.7 Å². The summed E-state index contributed by atoms with van der Waals surface area (Å²) >= 11 is 1.09. The molecule has 2 rings (SSSR count). The predicted octanol–water partition coefficient (Wildman–Crippen LogP) is 3.24. The molecule has 0 aliphatic heterocycles. The third kappa shape index (κ3) is 4.61. The number of nitrogens with one attached hydrogen (secondary N) is 1. The molecule has 2 aromatic rings. The van der Waals surface area contributed by atoms with Gasteiger partial charge in [-0.2, -0.15) is 0 Å². The second-order valence-electron chi connectivity index (χ2n) is 4.28. The molecule has 2 N–H and O–H groups in total. The smallest absolute Gasteiger partial charge is 0.348 e. The number of carboxylic acid groups (broad SMARTS) is 1. The number of carbonyl (C=O) groups is 2. The third-order valence-corrected chi connectivity index (χ3v) is 3.60. The van der Waals surface area contributed by atoms with Gasteiger partial charge in [0.25, 0.3) is 0 Å². The molecule has 0 bridgehead atoms. The molecule has 0 spiro atoms. The molecule has 6 heteroatoms. The second kappa shape index (κ2) is 7.44. The van der Waals surface area contributed by atoms with Gasteiger partial charge in [-0.15, -0.1) is 11.3 Å². The van der Waals surface area contributed by atoms with Crippen molar-refractivity contribution in [3.05, 3.63) is 46.7 Å². The van der Waals surface area contributed by atoms with Gasteiger partial charge in [-0.3, -0.25) is 4.79 Å². The maximum absolute atomic E-state index is 11.7. The summed E-state index contributed by atoms with van der Waals surface area (Å²) in [5.74, 6) is -0.482. The first-order valence-corrected chi connectivity index (χ1v) is 7.33. The van der Waals surface area contributed by atoms with E-state index in [-0.39, 0.29) is 17.2 Å². The van der Waals surface area contributed by atoms with Crippen LogP contribution in [0.15, 0.2) is 41.8 Å². The summed E-state index contributed by atoms with van der Waals surface area (Å²) in [6, 6.07) is 11.0. The molecule has 1 aromatic heterocycles. The Morgan fingerprint density at radius 3 is 2.67 bits per heavy atom. The average molecular weight is 305 g/mol. The van der Waals surface area contributed by atoms with Gasteiger partial charge >= 0.3 is 5.97 Å². The van der Waals surface area contributed by atoms with Crippen LogP contribution in [0.25, 0.3) is 0 Å². The van der Waals surface area contributed by atoms with E-state index in [1.54, 1.807) is 11.4 Å². The van der Waals surface area contributed by atoms with Crippen molar-refractivity contribution in [2.75, 3.05) is 11.9 Å². The minimum atomic E-state index is -1.03.